The number of hydrogen-bond donors (Lipinski definition) is 1. The Kier molecular flexibility index (Phi) is 5.31. The molecule has 0 aliphatic rings. The van der Waals surface area contributed by atoms with Crippen LogP contribution in [0.4, 0.5) is 15.9 Å². The van der Waals surface area contributed by atoms with Crippen LogP contribution < -0.4 is 5.43 Å². The minimum absolute atomic E-state index is 0.0930. The first-order chi connectivity index (χ1) is 12.9. The van der Waals surface area contributed by atoms with Gasteiger partial charge in [0, 0.05) is 27.5 Å². The largest absolute Gasteiger partial charge is 0.315 e. The van der Waals surface area contributed by atoms with E-state index in [1.165, 1.54) is 18.2 Å². The van der Waals surface area contributed by atoms with Gasteiger partial charge >= 0.3 is 0 Å². The van der Waals surface area contributed by atoms with Crippen molar-refractivity contribution in [3.63, 3.8) is 0 Å². The number of rotatable bonds is 5. The van der Waals surface area contributed by atoms with E-state index in [4.69, 9.17) is 0 Å². The van der Waals surface area contributed by atoms with Gasteiger partial charge in [-0.3, -0.25) is 15.5 Å². The molecule has 2 heterocycles. The van der Waals surface area contributed by atoms with Crippen LogP contribution in [0.25, 0.3) is 5.69 Å². The number of aromatic nitrogens is 2. The third-order valence-corrected chi connectivity index (χ3v) is 4.46. The summed E-state index contributed by atoms with van der Waals surface area (Å²) in [4.78, 5) is 14.0. The van der Waals surface area contributed by atoms with Gasteiger partial charge in [0.15, 0.2) is 0 Å². The van der Waals surface area contributed by atoms with Crippen molar-refractivity contribution >= 4 is 33.6 Å². The summed E-state index contributed by atoms with van der Waals surface area (Å²) in [7, 11) is 0. The minimum atomic E-state index is -0.518. The number of anilines is 1. The van der Waals surface area contributed by atoms with Gasteiger partial charge in [-0.25, -0.2) is 9.37 Å². The molecule has 0 spiro atoms. The number of pyridine rings is 1. The van der Waals surface area contributed by atoms with Gasteiger partial charge in [-0.1, -0.05) is 15.9 Å². The lowest BCUT2D eigenvalue weighted by Gasteiger charge is -2.11. The number of aryl methyl sites for hydroxylation is 1. The third kappa shape index (κ3) is 4.03. The number of benzene rings is 1. The molecule has 3 rings (SSSR count). The Balaban J connectivity index is 1.82. The third-order valence-electron chi connectivity index (χ3n) is 3.96. The smallest absolute Gasteiger partial charge is 0.287 e. The second kappa shape index (κ2) is 7.67. The van der Waals surface area contributed by atoms with Crippen LogP contribution in [0.3, 0.4) is 0 Å². The molecule has 0 aliphatic carbocycles. The van der Waals surface area contributed by atoms with Gasteiger partial charge in [-0.2, -0.15) is 5.10 Å². The molecule has 0 unspecified atom stereocenters. The molecule has 0 bridgehead atoms. The highest BCUT2D eigenvalue weighted by Gasteiger charge is 2.13. The molecular formula is C18H15BrFN5O2. The van der Waals surface area contributed by atoms with E-state index in [1.54, 1.807) is 18.3 Å². The Morgan fingerprint density at radius 2 is 2.07 bits per heavy atom. The summed E-state index contributed by atoms with van der Waals surface area (Å²) < 4.78 is 16.8. The lowest BCUT2D eigenvalue weighted by Crippen LogP contribution is -2.02. The summed E-state index contributed by atoms with van der Waals surface area (Å²) in [5.74, 6) is 0.0486. The maximum Gasteiger partial charge on any atom is 0.287 e. The molecule has 0 radical (unpaired) electrons. The fourth-order valence-electron chi connectivity index (χ4n) is 2.68. The Morgan fingerprint density at radius 3 is 2.70 bits per heavy atom. The van der Waals surface area contributed by atoms with E-state index >= 15 is 0 Å². The summed E-state index contributed by atoms with van der Waals surface area (Å²) in [5.41, 5.74) is 5.59. The summed E-state index contributed by atoms with van der Waals surface area (Å²) in [6.07, 6.45) is 2.75. The molecule has 1 N–H and O–H groups in total. The average molecular weight is 432 g/mol. The van der Waals surface area contributed by atoms with E-state index in [9.17, 15) is 14.5 Å². The van der Waals surface area contributed by atoms with Gasteiger partial charge in [-0.05, 0) is 44.2 Å². The number of nitro groups is 1. The van der Waals surface area contributed by atoms with Crippen molar-refractivity contribution < 1.29 is 9.31 Å². The quantitative estimate of drug-likeness (QED) is 0.358. The van der Waals surface area contributed by atoms with Crippen molar-refractivity contribution in [1.82, 2.24) is 9.55 Å². The van der Waals surface area contributed by atoms with E-state index in [-0.39, 0.29) is 11.5 Å². The van der Waals surface area contributed by atoms with E-state index in [1.807, 2.05) is 24.5 Å². The number of halogens is 2. The molecule has 27 heavy (non-hydrogen) atoms. The molecule has 0 aliphatic heterocycles. The van der Waals surface area contributed by atoms with Crippen molar-refractivity contribution in [3.05, 3.63) is 80.0 Å². The number of hydrazone groups is 1. The minimum Gasteiger partial charge on any atom is -0.315 e. The van der Waals surface area contributed by atoms with E-state index in [2.05, 4.69) is 31.4 Å². The predicted molar refractivity (Wildman–Crippen MR) is 105 cm³/mol. The first-order valence-corrected chi connectivity index (χ1v) is 8.70. The first kappa shape index (κ1) is 18.7. The number of hydrogen-bond acceptors (Lipinski definition) is 5. The second-order valence-electron chi connectivity index (χ2n) is 5.79. The molecular weight excluding hydrogens is 417 g/mol. The zero-order valence-electron chi connectivity index (χ0n) is 14.5. The zero-order chi connectivity index (χ0) is 19.6. The molecule has 0 fully saturated rings. The standard InChI is InChI=1S/C18H15BrFN5O2/c1-11-7-13(9-22-23-18-6-4-15(10-21-18)25(26)27)12(2)24(11)17-5-3-14(19)8-16(17)20/h3-10H,1-2H3,(H,21,23). The van der Waals surface area contributed by atoms with Crippen LogP contribution in [0.1, 0.15) is 17.0 Å². The fraction of sp³-hybridized carbons (Fsp3) is 0.111. The molecule has 2 aromatic heterocycles. The highest BCUT2D eigenvalue weighted by molar-refractivity contribution is 9.10. The highest BCUT2D eigenvalue weighted by atomic mass is 79.9. The van der Waals surface area contributed by atoms with Gasteiger partial charge in [0.25, 0.3) is 5.69 Å². The van der Waals surface area contributed by atoms with Crippen molar-refractivity contribution in [2.45, 2.75) is 13.8 Å². The zero-order valence-corrected chi connectivity index (χ0v) is 16.1. The van der Waals surface area contributed by atoms with Crippen LogP contribution in [-0.2, 0) is 0 Å². The maximum absolute atomic E-state index is 14.3. The summed E-state index contributed by atoms with van der Waals surface area (Å²) in [5, 5.41) is 14.7. The Labute approximate surface area is 162 Å². The lowest BCUT2D eigenvalue weighted by molar-refractivity contribution is -0.385. The Bertz CT molecular complexity index is 1030. The van der Waals surface area contributed by atoms with Crippen molar-refractivity contribution in [2.24, 2.45) is 5.10 Å². The van der Waals surface area contributed by atoms with Gasteiger partial charge in [0.05, 0.1) is 16.8 Å². The Hall–Kier alpha value is -3.07. The summed E-state index contributed by atoms with van der Waals surface area (Å²) in [6, 6.07) is 9.62. The molecule has 138 valence electrons. The van der Waals surface area contributed by atoms with Crippen molar-refractivity contribution in [2.75, 3.05) is 5.43 Å². The normalized spacial score (nSPS) is 11.1. The van der Waals surface area contributed by atoms with E-state index < -0.39 is 4.92 Å². The van der Waals surface area contributed by atoms with Gasteiger partial charge in [-0.15, -0.1) is 0 Å². The predicted octanol–water partition coefficient (Wildman–Crippen LogP) is 4.74. The maximum atomic E-state index is 14.3. The molecule has 3 aromatic rings. The topological polar surface area (TPSA) is 85.3 Å². The summed E-state index contributed by atoms with van der Waals surface area (Å²) >= 11 is 3.26. The Morgan fingerprint density at radius 1 is 1.30 bits per heavy atom. The fourth-order valence-corrected chi connectivity index (χ4v) is 3.01. The van der Waals surface area contributed by atoms with Gasteiger partial charge < -0.3 is 4.57 Å². The second-order valence-corrected chi connectivity index (χ2v) is 6.70. The molecule has 0 atom stereocenters. The molecule has 0 amide bonds. The molecule has 0 saturated heterocycles. The first-order valence-electron chi connectivity index (χ1n) is 7.90. The van der Waals surface area contributed by atoms with Gasteiger partial charge in [0.2, 0.25) is 0 Å². The van der Waals surface area contributed by atoms with E-state index in [0.29, 0.717) is 16.0 Å². The number of nitrogens with zero attached hydrogens (tertiary/aromatic N) is 4. The number of nitrogens with one attached hydrogen (secondary N) is 1. The van der Waals surface area contributed by atoms with E-state index in [0.717, 1.165) is 23.1 Å². The average Bonchev–Trinajstić information content (AvgIpc) is 2.90. The van der Waals surface area contributed by atoms with Crippen molar-refractivity contribution in [3.8, 4) is 5.69 Å². The molecule has 1 aromatic carbocycles. The SMILES string of the molecule is Cc1cc(C=NNc2ccc([N+](=O)[O-])cn2)c(C)n1-c1ccc(Br)cc1F. The van der Waals surface area contributed by atoms with Crippen LogP contribution in [0.15, 0.2) is 52.2 Å². The monoisotopic (exact) mass is 431 g/mol. The molecule has 9 heteroatoms. The van der Waals surface area contributed by atoms with Crippen molar-refractivity contribution in [1.29, 1.82) is 0 Å². The molecule has 7 nitrogen and oxygen atoms in total. The van der Waals surface area contributed by atoms with Crippen LogP contribution >= 0.6 is 15.9 Å². The highest BCUT2D eigenvalue weighted by Crippen LogP contribution is 2.24. The van der Waals surface area contributed by atoms with Crippen LogP contribution in [-0.4, -0.2) is 20.7 Å². The van der Waals surface area contributed by atoms with Crippen LogP contribution in [0, 0.1) is 29.8 Å². The lowest BCUT2D eigenvalue weighted by atomic mass is 10.2. The van der Waals surface area contributed by atoms with Crippen LogP contribution in [0.5, 0.6) is 0 Å². The summed E-state index contributed by atoms with van der Waals surface area (Å²) in [6.45, 7) is 3.76. The van der Waals surface area contributed by atoms with Gasteiger partial charge in [0.1, 0.15) is 17.8 Å². The molecule has 0 saturated carbocycles. The van der Waals surface area contributed by atoms with Crippen LogP contribution in [0.2, 0.25) is 0 Å².